The van der Waals surface area contributed by atoms with Gasteiger partial charge in [-0.3, -0.25) is 4.90 Å². The van der Waals surface area contributed by atoms with Gasteiger partial charge in [-0.1, -0.05) is 23.7 Å². The summed E-state index contributed by atoms with van der Waals surface area (Å²) < 4.78 is 35.5. The number of halogens is 2. The second-order valence-corrected chi connectivity index (χ2v) is 12.2. The molecule has 0 N–H and O–H groups in total. The van der Waals surface area contributed by atoms with E-state index in [9.17, 15) is 9.18 Å². The molecule has 2 saturated heterocycles. The number of methoxy groups -OCH3 is 1. The van der Waals surface area contributed by atoms with Crippen LogP contribution in [0.4, 0.5) is 10.2 Å². The van der Waals surface area contributed by atoms with Crippen molar-refractivity contribution < 1.29 is 23.4 Å². The summed E-state index contributed by atoms with van der Waals surface area (Å²) in [5, 5.41) is 0.341. The molecule has 0 spiro atoms. The molecule has 5 heterocycles. The first-order chi connectivity index (χ1) is 22.9. The minimum Gasteiger partial charge on any atom is -0.473 e. The van der Waals surface area contributed by atoms with Crippen molar-refractivity contribution in [3.05, 3.63) is 101 Å². The van der Waals surface area contributed by atoms with Crippen LogP contribution in [0.15, 0.2) is 67.0 Å². The summed E-state index contributed by atoms with van der Waals surface area (Å²) in [6.45, 7) is 6.68. The lowest BCUT2D eigenvalue weighted by molar-refractivity contribution is 0.0601. The van der Waals surface area contributed by atoms with E-state index in [2.05, 4.69) is 23.9 Å². The third kappa shape index (κ3) is 6.40. The van der Waals surface area contributed by atoms with Crippen molar-refractivity contribution >= 4 is 34.4 Å². The average Bonchev–Trinajstić information content (AvgIpc) is 3.82. The van der Waals surface area contributed by atoms with Crippen molar-refractivity contribution in [2.75, 3.05) is 38.3 Å². The van der Waals surface area contributed by atoms with Crippen molar-refractivity contribution in [1.29, 1.82) is 0 Å². The molecule has 0 bridgehead atoms. The standard InChI is InChI=1S/C34H35ClFN7O4/c1-22-37-10-11-40(22)12-14-42-28-16-23(34(44)45-2)7-9-27(28)38-32(42)18-41-13-15-43(30-21-46-20-29(30)41)31-4-3-5-33(39-31)47-19-24-6-8-25(35)17-26(24)36/h3-11,16-17,29-30H,12-15,18-21H2,1-2H3/t29-,30+/m1/s1. The van der Waals surface area contributed by atoms with Gasteiger partial charge in [-0.15, -0.1) is 0 Å². The van der Waals surface area contributed by atoms with E-state index in [1.165, 1.54) is 13.2 Å². The second-order valence-electron chi connectivity index (χ2n) is 11.7. The first-order valence-electron chi connectivity index (χ1n) is 15.6. The average molecular weight is 660 g/mol. The van der Waals surface area contributed by atoms with E-state index in [1.807, 2.05) is 37.4 Å². The lowest BCUT2D eigenvalue weighted by Gasteiger charge is -2.44. The van der Waals surface area contributed by atoms with Gasteiger partial charge in [0.2, 0.25) is 5.88 Å². The van der Waals surface area contributed by atoms with Crippen LogP contribution in [-0.2, 0) is 35.7 Å². The molecule has 47 heavy (non-hydrogen) atoms. The zero-order valence-electron chi connectivity index (χ0n) is 26.2. The molecule has 0 amide bonds. The summed E-state index contributed by atoms with van der Waals surface area (Å²) in [5.41, 5.74) is 2.61. The van der Waals surface area contributed by atoms with E-state index in [0.717, 1.165) is 41.6 Å². The maximum Gasteiger partial charge on any atom is 0.337 e. The molecule has 7 rings (SSSR count). The Balaban J connectivity index is 1.10. The largest absolute Gasteiger partial charge is 0.473 e. The number of ether oxygens (including phenoxy) is 3. The highest BCUT2D eigenvalue weighted by Gasteiger charge is 2.41. The van der Waals surface area contributed by atoms with Crippen LogP contribution >= 0.6 is 11.6 Å². The van der Waals surface area contributed by atoms with E-state index in [4.69, 9.17) is 35.8 Å². The van der Waals surface area contributed by atoms with Crippen LogP contribution in [0.3, 0.4) is 0 Å². The normalized spacial score (nSPS) is 18.1. The molecule has 0 saturated carbocycles. The maximum absolute atomic E-state index is 14.3. The van der Waals surface area contributed by atoms with Gasteiger partial charge in [-0.05, 0) is 43.3 Å². The van der Waals surface area contributed by atoms with Gasteiger partial charge < -0.3 is 28.2 Å². The van der Waals surface area contributed by atoms with Gasteiger partial charge in [-0.2, -0.15) is 4.98 Å². The monoisotopic (exact) mass is 659 g/mol. The molecule has 2 atom stereocenters. The zero-order valence-corrected chi connectivity index (χ0v) is 26.9. The number of hydrogen-bond donors (Lipinski definition) is 0. The quantitative estimate of drug-likeness (QED) is 0.194. The van der Waals surface area contributed by atoms with Crippen molar-refractivity contribution in [2.45, 2.75) is 45.2 Å². The topological polar surface area (TPSA) is 99.8 Å². The fourth-order valence-electron chi connectivity index (χ4n) is 6.48. The third-order valence-electron chi connectivity index (χ3n) is 8.99. The van der Waals surface area contributed by atoms with Crippen LogP contribution in [0.1, 0.15) is 27.6 Å². The van der Waals surface area contributed by atoms with Crippen molar-refractivity contribution in [3.8, 4) is 5.88 Å². The van der Waals surface area contributed by atoms with Gasteiger partial charge in [0.05, 0.1) is 55.5 Å². The number of benzene rings is 2. The van der Waals surface area contributed by atoms with Gasteiger partial charge in [0.15, 0.2) is 0 Å². The van der Waals surface area contributed by atoms with Crippen LogP contribution in [0.25, 0.3) is 11.0 Å². The molecule has 5 aromatic rings. The molecule has 3 aromatic heterocycles. The summed E-state index contributed by atoms with van der Waals surface area (Å²) in [6.07, 6.45) is 3.77. The number of carbonyl (C=O) groups excluding carboxylic acids is 1. The number of nitrogens with zero attached hydrogens (tertiary/aromatic N) is 7. The summed E-state index contributed by atoms with van der Waals surface area (Å²) in [4.78, 5) is 31.3. The Hall–Kier alpha value is -4.52. The molecule has 0 unspecified atom stereocenters. The fraction of sp³-hybridized carbons (Fsp3) is 0.353. The van der Waals surface area contributed by atoms with Gasteiger partial charge in [0, 0.05) is 55.2 Å². The Morgan fingerprint density at radius 2 is 1.94 bits per heavy atom. The van der Waals surface area contributed by atoms with E-state index in [1.54, 1.807) is 30.5 Å². The highest BCUT2D eigenvalue weighted by atomic mass is 35.5. The molecule has 0 aliphatic carbocycles. The Morgan fingerprint density at radius 1 is 1.06 bits per heavy atom. The van der Waals surface area contributed by atoms with E-state index < -0.39 is 5.82 Å². The van der Waals surface area contributed by atoms with Gasteiger partial charge in [0.25, 0.3) is 0 Å². The minimum absolute atomic E-state index is 0.0466. The highest BCUT2D eigenvalue weighted by Crippen LogP contribution is 2.30. The Kier molecular flexibility index (Phi) is 8.80. The number of pyridine rings is 1. The number of esters is 1. The molecule has 2 aliphatic rings. The minimum atomic E-state index is -0.412. The lowest BCUT2D eigenvalue weighted by Crippen LogP contribution is -2.59. The number of hydrogen-bond acceptors (Lipinski definition) is 9. The molecule has 13 heteroatoms. The van der Waals surface area contributed by atoms with Crippen LogP contribution in [0, 0.1) is 12.7 Å². The Morgan fingerprint density at radius 3 is 2.74 bits per heavy atom. The second kappa shape index (κ2) is 13.3. The number of imidazole rings is 2. The molecule has 244 valence electrons. The number of carbonyl (C=O) groups is 1. The first kappa shape index (κ1) is 31.1. The van der Waals surface area contributed by atoms with Gasteiger partial charge in [0.1, 0.15) is 29.9 Å². The molecule has 11 nitrogen and oxygen atoms in total. The highest BCUT2D eigenvalue weighted by molar-refractivity contribution is 6.30. The number of fused-ring (bicyclic) bond motifs is 2. The number of aromatic nitrogens is 5. The van der Waals surface area contributed by atoms with Crippen LogP contribution in [0.5, 0.6) is 5.88 Å². The van der Waals surface area contributed by atoms with Crippen LogP contribution in [-0.4, -0.2) is 80.5 Å². The van der Waals surface area contributed by atoms with Crippen LogP contribution < -0.4 is 9.64 Å². The number of rotatable bonds is 10. The molecular formula is C34H35ClFN7O4. The SMILES string of the molecule is COC(=O)c1ccc2nc(CN3CCN(c4cccc(OCc5ccc(Cl)cc5F)n4)[C@H]4COC[C@H]43)n(CCn3ccnc3C)c2c1. The smallest absolute Gasteiger partial charge is 0.337 e. The number of aryl methyl sites for hydroxylation is 3. The molecular weight excluding hydrogens is 625 g/mol. The molecule has 0 radical (unpaired) electrons. The summed E-state index contributed by atoms with van der Waals surface area (Å²) in [5.74, 6) is 2.27. The zero-order chi connectivity index (χ0) is 32.5. The number of anilines is 1. The molecule has 2 aromatic carbocycles. The van der Waals surface area contributed by atoms with Gasteiger partial charge >= 0.3 is 5.97 Å². The predicted molar refractivity (Wildman–Crippen MR) is 174 cm³/mol. The Labute approximate surface area is 276 Å². The van der Waals surface area contributed by atoms with Crippen molar-refractivity contribution in [3.63, 3.8) is 0 Å². The lowest BCUT2D eigenvalue weighted by atomic mass is 10.0. The van der Waals surface area contributed by atoms with E-state index in [-0.39, 0.29) is 24.7 Å². The molecule has 2 fully saturated rings. The van der Waals surface area contributed by atoms with Crippen molar-refractivity contribution in [1.82, 2.24) is 29.0 Å². The van der Waals surface area contributed by atoms with Gasteiger partial charge in [-0.25, -0.2) is 19.2 Å². The van der Waals surface area contributed by atoms with E-state index >= 15 is 0 Å². The van der Waals surface area contributed by atoms with Crippen LogP contribution in [0.2, 0.25) is 5.02 Å². The molecule has 2 aliphatic heterocycles. The fourth-order valence-corrected chi connectivity index (χ4v) is 6.64. The summed E-state index contributed by atoms with van der Waals surface area (Å²) >= 11 is 5.89. The summed E-state index contributed by atoms with van der Waals surface area (Å²) in [6, 6.07) is 15.9. The third-order valence-corrected chi connectivity index (χ3v) is 9.23. The Bertz CT molecular complexity index is 1910. The maximum atomic E-state index is 14.3. The summed E-state index contributed by atoms with van der Waals surface area (Å²) in [7, 11) is 1.39. The van der Waals surface area contributed by atoms with E-state index in [0.29, 0.717) is 54.9 Å². The first-order valence-corrected chi connectivity index (χ1v) is 15.9. The van der Waals surface area contributed by atoms with Crippen molar-refractivity contribution in [2.24, 2.45) is 0 Å². The predicted octanol–water partition coefficient (Wildman–Crippen LogP) is 4.88. The number of piperazine rings is 1.